The van der Waals surface area contributed by atoms with Gasteiger partial charge in [0.05, 0.1) is 16.8 Å². The number of carbonyl (C=O) groups excluding carboxylic acids is 1. The molecule has 1 aromatic carbocycles. The first-order valence-electron chi connectivity index (χ1n) is 8.17. The van der Waals surface area contributed by atoms with Crippen molar-refractivity contribution in [2.75, 3.05) is 25.5 Å². The Morgan fingerprint density at radius 1 is 1.38 bits per heavy atom. The van der Waals surface area contributed by atoms with Crippen molar-refractivity contribution < 1.29 is 4.79 Å². The molecule has 0 bridgehead atoms. The SMILES string of the molecule is Cc1c(Cl)c(C(=O)N2CCCC2c2cccc(N(C)C)c2)nn1C. The third-order valence-corrected chi connectivity index (χ3v) is 5.20. The lowest BCUT2D eigenvalue weighted by molar-refractivity contribution is 0.0729. The predicted octanol–water partition coefficient (Wildman–Crippen LogP) is 3.43. The molecule has 0 aliphatic carbocycles. The summed E-state index contributed by atoms with van der Waals surface area (Å²) in [6.07, 6.45) is 1.96. The number of hydrogen-bond donors (Lipinski definition) is 0. The van der Waals surface area contributed by atoms with Gasteiger partial charge in [0.1, 0.15) is 0 Å². The van der Waals surface area contributed by atoms with Crippen LogP contribution in [0, 0.1) is 6.92 Å². The summed E-state index contributed by atoms with van der Waals surface area (Å²) in [7, 11) is 5.85. The first-order chi connectivity index (χ1) is 11.4. The fourth-order valence-electron chi connectivity index (χ4n) is 3.22. The summed E-state index contributed by atoms with van der Waals surface area (Å²) < 4.78 is 1.66. The largest absolute Gasteiger partial charge is 0.378 e. The number of anilines is 1. The smallest absolute Gasteiger partial charge is 0.276 e. The molecular weight excluding hydrogens is 324 g/mol. The molecule has 1 aliphatic heterocycles. The van der Waals surface area contributed by atoms with Gasteiger partial charge in [-0.3, -0.25) is 9.48 Å². The van der Waals surface area contributed by atoms with Crippen LogP contribution in [0.5, 0.6) is 0 Å². The van der Waals surface area contributed by atoms with Gasteiger partial charge in [0.25, 0.3) is 5.91 Å². The minimum atomic E-state index is -0.0820. The standard InChI is InChI=1S/C18H23ClN4O/c1-12-16(19)17(20-22(12)4)18(24)23-10-6-9-15(23)13-7-5-8-14(11-13)21(2)3/h5,7-8,11,15H,6,9-10H2,1-4H3. The molecule has 6 heteroatoms. The van der Waals surface area contributed by atoms with Crippen LogP contribution >= 0.6 is 11.6 Å². The highest BCUT2D eigenvalue weighted by Crippen LogP contribution is 2.35. The van der Waals surface area contributed by atoms with Crippen LogP contribution in [0.3, 0.4) is 0 Å². The Labute approximate surface area is 147 Å². The number of halogens is 1. The first-order valence-corrected chi connectivity index (χ1v) is 8.55. The molecule has 128 valence electrons. The number of hydrogen-bond acceptors (Lipinski definition) is 3. The van der Waals surface area contributed by atoms with E-state index in [1.165, 1.54) is 0 Å². The number of aromatic nitrogens is 2. The lowest BCUT2D eigenvalue weighted by Gasteiger charge is -2.25. The number of likely N-dealkylation sites (tertiary alicyclic amines) is 1. The van der Waals surface area contributed by atoms with Gasteiger partial charge >= 0.3 is 0 Å². The van der Waals surface area contributed by atoms with Gasteiger partial charge in [-0.2, -0.15) is 5.10 Å². The maximum Gasteiger partial charge on any atom is 0.276 e. The maximum absolute atomic E-state index is 13.0. The van der Waals surface area contributed by atoms with E-state index >= 15 is 0 Å². The van der Waals surface area contributed by atoms with E-state index in [1.807, 2.05) is 32.0 Å². The Kier molecular flexibility index (Phi) is 4.54. The van der Waals surface area contributed by atoms with E-state index in [1.54, 1.807) is 11.7 Å². The first kappa shape index (κ1) is 16.8. The molecule has 1 fully saturated rings. The Bertz CT molecular complexity index is 768. The van der Waals surface area contributed by atoms with Crippen molar-refractivity contribution >= 4 is 23.2 Å². The molecule has 0 spiro atoms. The molecule has 0 N–H and O–H groups in total. The highest BCUT2D eigenvalue weighted by atomic mass is 35.5. The third kappa shape index (κ3) is 2.88. The molecule has 2 aromatic rings. The number of aryl methyl sites for hydroxylation is 1. The molecule has 0 radical (unpaired) electrons. The van der Waals surface area contributed by atoms with Gasteiger partial charge in [0.15, 0.2) is 5.69 Å². The number of amides is 1. The Morgan fingerprint density at radius 2 is 2.12 bits per heavy atom. The summed E-state index contributed by atoms with van der Waals surface area (Å²) >= 11 is 6.31. The van der Waals surface area contributed by atoms with Crippen molar-refractivity contribution in [3.8, 4) is 0 Å². The number of benzene rings is 1. The molecule has 1 saturated heterocycles. The van der Waals surface area contributed by atoms with Crippen molar-refractivity contribution in [2.24, 2.45) is 7.05 Å². The second-order valence-electron chi connectivity index (χ2n) is 6.52. The van der Waals surface area contributed by atoms with E-state index in [4.69, 9.17) is 11.6 Å². The Hall–Kier alpha value is -2.01. The van der Waals surface area contributed by atoms with E-state index in [0.717, 1.165) is 36.3 Å². The van der Waals surface area contributed by atoms with Gasteiger partial charge in [-0.15, -0.1) is 0 Å². The number of carbonyl (C=O) groups is 1. The van der Waals surface area contributed by atoms with Crippen LogP contribution in [-0.2, 0) is 7.05 Å². The van der Waals surface area contributed by atoms with E-state index in [2.05, 4.69) is 28.2 Å². The monoisotopic (exact) mass is 346 g/mol. The lowest BCUT2D eigenvalue weighted by Crippen LogP contribution is -2.31. The van der Waals surface area contributed by atoms with Crippen LogP contribution in [0.2, 0.25) is 5.02 Å². The predicted molar refractivity (Wildman–Crippen MR) is 96.7 cm³/mol. The summed E-state index contributed by atoms with van der Waals surface area (Å²) in [5.74, 6) is -0.0820. The Balaban J connectivity index is 1.92. The van der Waals surface area contributed by atoms with Crippen molar-refractivity contribution in [2.45, 2.75) is 25.8 Å². The maximum atomic E-state index is 13.0. The minimum absolute atomic E-state index is 0.0794. The molecule has 1 amide bonds. The van der Waals surface area contributed by atoms with Crippen molar-refractivity contribution in [3.05, 3.63) is 46.2 Å². The molecule has 24 heavy (non-hydrogen) atoms. The molecule has 0 saturated carbocycles. The van der Waals surface area contributed by atoms with Crippen molar-refractivity contribution in [1.29, 1.82) is 0 Å². The van der Waals surface area contributed by atoms with Crippen molar-refractivity contribution in [3.63, 3.8) is 0 Å². The second kappa shape index (κ2) is 6.48. The molecule has 1 aromatic heterocycles. The quantitative estimate of drug-likeness (QED) is 0.855. The molecule has 2 heterocycles. The fourth-order valence-corrected chi connectivity index (χ4v) is 3.46. The molecule has 1 unspecified atom stereocenters. The van der Waals surface area contributed by atoms with Gasteiger partial charge in [-0.1, -0.05) is 23.7 Å². The van der Waals surface area contributed by atoms with E-state index in [-0.39, 0.29) is 11.9 Å². The zero-order valence-corrected chi connectivity index (χ0v) is 15.3. The van der Waals surface area contributed by atoms with Crippen LogP contribution < -0.4 is 4.90 Å². The van der Waals surface area contributed by atoms with Gasteiger partial charge in [0, 0.05) is 33.4 Å². The summed E-state index contributed by atoms with van der Waals surface area (Å²) in [5.41, 5.74) is 3.46. The molecule has 5 nitrogen and oxygen atoms in total. The van der Waals surface area contributed by atoms with Crippen LogP contribution in [-0.4, -0.2) is 41.2 Å². The zero-order valence-electron chi connectivity index (χ0n) is 14.6. The van der Waals surface area contributed by atoms with Gasteiger partial charge in [-0.25, -0.2) is 0 Å². The van der Waals surface area contributed by atoms with Crippen molar-refractivity contribution in [1.82, 2.24) is 14.7 Å². The minimum Gasteiger partial charge on any atom is -0.378 e. The Morgan fingerprint density at radius 3 is 2.75 bits per heavy atom. The summed E-state index contributed by atoms with van der Waals surface area (Å²) in [6, 6.07) is 8.44. The van der Waals surface area contributed by atoms with Gasteiger partial charge in [0.2, 0.25) is 0 Å². The van der Waals surface area contributed by atoms with Gasteiger partial charge in [-0.05, 0) is 37.5 Å². The van der Waals surface area contributed by atoms with Crippen LogP contribution in [0.15, 0.2) is 24.3 Å². The average Bonchev–Trinajstić information content (AvgIpc) is 3.15. The van der Waals surface area contributed by atoms with E-state index in [9.17, 15) is 4.79 Å². The normalized spacial score (nSPS) is 17.4. The van der Waals surface area contributed by atoms with Crippen LogP contribution in [0.4, 0.5) is 5.69 Å². The highest BCUT2D eigenvalue weighted by molar-refractivity contribution is 6.34. The highest BCUT2D eigenvalue weighted by Gasteiger charge is 2.33. The lowest BCUT2D eigenvalue weighted by atomic mass is 10.0. The summed E-state index contributed by atoms with van der Waals surface area (Å²) in [5, 5.41) is 4.77. The zero-order chi connectivity index (χ0) is 17.4. The molecule has 1 aliphatic rings. The molecule has 1 atom stereocenters. The van der Waals surface area contributed by atoms with E-state index < -0.39 is 0 Å². The summed E-state index contributed by atoms with van der Waals surface area (Å²) in [4.78, 5) is 17.0. The second-order valence-corrected chi connectivity index (χ2v) is 6.90. The topological polar surface area (TPSA) is 41.4 Å². The van der Waals surface area contributed by atoms with Gasteiger partial charge < -0.3 is 9.80 Å². The van der Waals surface area contributed by atoms with Crippen LogP contribution in [0.1, 0.15) is 40.6 Å². The third-order valence-electron chi connectivity index (χ3n) is 4.75. The molecule has 3 rings (SSSR count). The van der Waals surface area contributed by atoms with Crippen LogP contribution in [0.25, 0.3) is 0 Å². The fraction of sp³-hybridized carbons (Fsp3) is 0.444. The average molecular weight is 347 g/mol. The number of nitrogens with zero attached hydrogens (tertiary/aromatic N) is 4. The summed E-state index contributed by atoms with van der Waals surface area (Å²) in [6.45, 7) is 2.61. The molecular formula is C18H23ClN4O. The van der Waals surface area contributed by atoms with E-state index in [0.29, 0.717) is 10.7 Å². The number of rotatable bonds is 3.